The van der Waals surface area contributed by atoms with Crippen LogP contribution in [0.15, 0.2) is 0 Å². The summed E-state index contributed by atoms with van der Waals surface area (Å²) in [7, 11) is 2.86. The van der Waals surface area contributed by atoms with E-state index in [9.17, 15) is 9.59 Å². The number of piperidine rings is 2. The fraction of sp³-hybridized carbons (Fsp3) is 0.846. The lowest BCUT2D eigenvalue weighted by Crippen LogP contribution is -2.54. The minimum atomic E-state index is -0.191. The number of esters is 2. The molecule has 0 N–H and O–H groups in total. The quantitative estimate of drug-likeness (QED) is 0.703. The number of carbonyl (C=O) groups excluding carboxylic acids is 2. The number of fused-ring (bicyclic) bond motifs is 2. The van der Waals surface area contributed by atoms with Crippen LogP contribution in [0.2, 0.25) is 0 Å². The van der Waals surface area contributed by atoms with Crippen LogP contribution in [0.5, 0.6) is 0 Å². The fourth-order valence-corrected chi connectivity index (χ4v) is 3.31. The van der Waals surface area contributed by atoms with Gasteiger partial charge in [-0.25, -0.2) is 0 Å². The third-order valence-electron chi connectivity index (χ3n) is 4.20. The second kappa shape index (κ2) is 5.69. The van der Waals surface area contributed by atoms with Gasteiger partial charge >= 0.3 is 11.9 Å². The van der Waals surface area contributed by atoms with E-state index in [4.69, 9.17) is 9.47 Å². The summed E-state index contributed by atoms with van der Waals surface area (Å²) in [5.74, 6) is -0.299. The van der Waals surface area contributed by atoms with Crippen molar-refractivity contribution in [3.05, 3.63) is 0 Å². The van der Waals surface area contributed by atoms with Gasteiger partial charge in [-0.2, -0.15) is 0 Å². The molecule has 2 fully saturated rings. The molecule has 2 aliphatic heterocycles. The second-order valence-corrected chi connectivity index (χ2v) is 5.18. The number of ether oxygens (including phenoxy) is 2. The van der Waals surface area contributed by atoms with E-state index < -0.39 is 0 Å². The number of rotatable bonds is 3. The predicted octanol–water partition coefficient (Wildman–Crippen LogP) is 0.965. The number of methoxy groups -OCH3 is 2. The highest BCUT2D eigenvalue weighted by molar-refractivity contribution is 5.73. The first-order valence-corrected chi connectivity index (χ1v) is 6.56. The van der Waals surface area contributed by atoms with Gasteiger partial charge in [0, 0.05) is 12.1 Å². The third kappa shape index (κ3) is 2.66. The van der Waals surface area contributed by atoms with E-state index in [2.05, 4.69) is 4.90 Å². The van der Waals surface area contributed by atoms with Crippen LogP contribution in [0.25, 0.3) is 0 Å². The molecule has 2 atom stereocenters. The molecule has 2 heterocycles. The fourth-order valence-electron chi connectivity index (χ4n) is 3.31. The summed E-state index contributed by atoms with van der Waals surface area (Å²) in [6.45, 7) is 0.347. The Hall–Kier alpha value is -1.10. The molecule has 18 heavy (non-hydrogen) atoms. The van der Waals surface area contributed by atoms with Crippen molar-refractivity contribution >= 4 is 11.9 Å². The Morgan fingerprint density at radius 2 is 1.72 bits per heavy atom. The van der Waals surface area contributed by atoms with Crippen LogP contribution in [0.4, 0.5) is 0 Å². The van der Waals surface area contributed by atoms with Crippen molar-refractivity contribution in [1.29, 1.82) is 0 Å². The Morgan fingerprint density at radius 3 is 2.22 bits per heavy atom. The highest BCUT2D eigenvalue weighted by atomic mass is 16.5. The number of hydrogen-bond acceptors (Lipinski definition) is 5. The maximum absolute atomic E-state index is 11.7. The first-order valence-electron chi connectivity index (χ1n) is 6.56. The summed E-state index contributed by atoms with van der Waals surface area (Å²) >= 11 is 0. The van der Waals surface area contributed by atoms with E-state index in [0.717, 1.165) is 25.7 Å². The Balaban J connectivity index is 2.03. The van der Waals surface area contributed by atoms with Gasteiger partial charge in [-0.15, -0.1) is 0 Å². The summed E-state index contributed by atoms with van der Waals surface area (Å²) in [5, 5.41) is 0. The minimum Gasteiger partial charge on any atom is -0.469 e. The van der Waals surface area contributed by atoms with Gasteiger partial charge in [0.25, 0.3) is 0 Å². The molecule has 0 saturated carbocycles. The van der Waals surface area contributed by atoms with Crippen molar-refractivity contribution < 1.29 is 19.1 Å². The zero-order valence-corrected chi connectivity index (χ0v) is 11.1. The second-order valence-electron chi connectivity index (χ2n) is 5.18. The zero-order valence-electron chi connectivity index (χ0n) is 11.1. The Kier molecular flexibility index (Phi) is 4.22. The molecule has 0 amide bonds. The average molecular weight is 255 g/mol. The van der Waals surface area contributed by atoms with E-state index in [1.807, 2.05) is 0 Å². The van der Waals surface area contributed by atoms with E-state index >= 15 is 0 Å². The predicted molar refractivity (Wildman–Crippen MR) is 64.9 cm³/mol. The normalized spacial score (nSPS) is 31.8. The molecule has 0 aromatic carbocycles. The van der Waals surface area contributed by atoms with Crippen LogP contribution in [0.3, 0.4) is 0 Å². The molecule has 5 nitrogen and oxygen atoms in total. The van der Waals surface area contributed by atoms with Gasteiger partial charge in [0.15, 0.2) is 0 Å². The van der Waals surface area contributed by atoms with Gasteiger partial charge in [0.2, 0.25) is 0 Å². The van der Waals surface area contributed by atoms with Gasteiger partial charge in [-0.1, -0.05) is 6.42 Å². The molecule has 102 valence electrons. The SMILES string of the molecule is COC(=O)CN1C2CCCC1CC(C(=O)OC)C2. The van der Waals surface area contributed by atoms with Gasteiger partial charge in [0.05, 0.1) is 26.7 Å². The summed E-state index contributed by atoms with van der Waals surface area (Å²) in [6, 6.07) is 0.640. The van der Waals surface area contributed by atoms with Crippen LogP contribution in [0.1, 0.15) is 32.1 Å². The van der Waals surface area contributed by atoms with E-state index in [-0.39, 0.29) is 17.9 Å². The van der Waals surface area contributed by atoms with Gasteiger partial charge in [-0.3, -0.25) is 14.5 Å². The van der Waals surface area contributed by atoms with E-state index in [1.54, 1.807) is 0 Å². The van der Waals surface area contributed by atoms with Crippen LogP contribution in [-0.2, 0) is 19.1 Å². The molecule has 2 bridgehead atoms. The smallest absolute Gasteiger partial charge is 0.319 e. The van der Waals surface area contributed by atoms with Crippen LogP contribution < -0.4 is 0 Å². The molecule has 2 unspecified atom stereocenters. The summed E-state index contributed by atoms with van der Waals surface area (Å²) in [4.78, 5) is 25.3. The Labute approximate surface area is 107 Å². The Morgan fingerprint density at radius 1 is 1.11 bits per heavy atom. The topological polar surface area (TPSA) is 55.8 Å². The molecule has 2 rings (SSSR count). The van der Waals surface area contributed by atoms with Gasteiger partial charge in [0.1, 0.15) is 0 Å². The van der Waals surface area contributed by atoms with Crippen molar-refractivity contribution in [2.24, 2.45) is 5.92 Å². The third-order valence-corrected chi connectivity index (χ3v) is 4.20. The highest BCUT2D eigenvalue weighted by Gasteiger charge is 2.41. The zero-order chi connectivity index (χ0) is 13.1. The molecule has 0 aromatic rings. The minimum absolute atomic E-state index is 0.000744. The summed E-state index contributed by atoms with van der Waals surface area (Å²) < 4.78 is 9.58. The molecule has 2 saturated heterocycles. The molecule has 2 aliphatic rings. The molecule has 0 radical (unpaired) electrons. The van der Waals surface area contributed by atoms with Crippen LogP contribution in [0, 0.1) is 5.92 Å². The van der Waals surface area contributed by atoms with E-state index in [0.29, 0.717) is 18.6 Å². The largest absolute Gasteiger partial charge is 0.469 e. The number of nitrogens with zero attached hydrogens (tertiary/aromatic N) is 1. The van der Waals surface area contributed by atoms with Crippen molar-refractivity contribution in [3.8, 4) is 0 Å². The van der Waals surface area contributed by atoms with Crippen molar-refractivity contribution in [3.63, 3.8) is 0 Å². The van der Waals surface area contributed by atoms with Crippen LogP contribution in [-0.4, -0.2) is 49.7 Å². The van der Waals surface area contributed by atoms with Crippen LogP contribution >= 0.6 is 0 Å². The average Bonchev–Trinajstić information content (AvgIpc) is 2.37. The lowest BCUT2D eigenvalue weighted by atomic mass is 9.78. The Bertz CT molecular complexity index is 317. The first-order chi connectivity index (χ1) is 8.65. The number of carbonyl (C=O) groups is 2. The highest BCUT2D eigenvalue weighted by Crippen LogP contribution is 2.37. The molecule has 0 aromatic heterocycles. The van der Waals surface area contributed by atoms with Crippen molar-refractivity contribution in [2.75, 3.05) is 20.8 Å². The number of hydrogen-bond donors (Lipinski definition) is 0. The molecule has 5 heteroatoms. The van der Waals surface area contributed by atoms with Crippen molar-refractivity contribution in [2.45, 2.75) is 44.2 Å². The van der Waals surface area contributed by atoms with E-state index in [1.165, 1.54) is 20.6 Å². The van der Waals surface area contributed by atoms with Gasteiger partial charge < -0.3 is 9.47 Å². The monoisotopic (exact) mass is 255 g/mol. The van der Waals surface area contributed by atoms with Gasteiger partial charge in [-0.05, 0) is 25.7 Å². The maximum Gasteiger partial charge on any atom is 0.319 e. The standard InChI is InChI=1S/C13H21NO4/c1-17-12(15)8-14-10-4-3-5-11(14)7-9(6-10)13(16)18-2/h9-11H,3-8H2,1-2H3. The first kappa shape index (κ1) is 13.3. The molecular weight excluding hydrogens is 234 g/mol. The lowest BCUT2D eigenvalue weighted by molar-refractivity contribution is -0.152. The lowest BCUT2D eigenvalue weighted by Gasteiger charge is -2.47. The van der Waals surface area contributed by atoms with Crippen molar-refractivity contribution in [1.82, 2.24) is 4.90 Å². The molecule has 0 spiro atoms. The summed E-state index contributed by atoms with van der Waals surface area (Å²) in [6.07, 6.45) is 4.91. The maximum atomic E-state index is 11.7. The molecular formula is C13H21NO4. The summed E-state index contributed by atoms with van der Waals surface area (Å²) in [5.41, 5.74) is 0. The molecule has 0 aliphatic carbocycles.